The van der Waals surface area contributed by atoms with Gasteiger partial charge in [-0.05, 0) is 55.4 Å². The Hall–Kier alpha value is -1.59. The number of amides is 2. The summed E-state index contributed by atoms with van der Waals surface area (Å²) in [6, 6.07) is 8.56. The van der Waals surface area contributed by atoms with Crippen molar-refractivity contribution in [1.29, 1.82) is 0 Å². The predicted octanol–water partition coefficient (Wildman–Crippen LogP) is 2.79. The van der Waals surface area contributed by atoms with E-state index in [1.165, 1.54) is 15.6 Å². The van der Waals surface area contributed by atoms with Crippen LogP contribution >= 0.6 is 11.3 Å². The zero-order chi connectivity index (χ0) is 14.7. The summed E-state index contributed by atoms with van der Waals surface area (Å²) in [5.74, 6) is 0. The van der Waals surface area contributed by atoms with E-state index in [2.05, 4.69) is 40.1 Å². The monoisotopic (exact) mass is 303 g/mol. The molecule has 0 saturated carbocycles. The van der Waals surface area contributed by atoms with Crippen LogP contribution in [-0.4, -0.2) is 37.1 Å². The van der Waals surface area contributed by atoms with Crippen LogP contribution in [0.3, 0.4) is 0 Å². The summed E-state index contributed by atoms with van der Waals surface area (Å²) >= 11 is 1.72. The number of likely N-dealkylation sites (tertiary alicyclic amines) is 1. The first-order valence-electron chi connectivity index (χ1n) is 7.40. The fourth-order valence-electron chi connectivity index (χ4n) is 2.73. The number of nitrogens with zero attached hydrogens (tertiary/aromatic N) is 1. The average molecular weight is 303 g/mol. The van der Waals surface area contributed by atoms with Crippen LogP contribution in [0.1, 0.15) is 18.4 Å². The summed E-state index contributed by atoms with van der Waals surface area (Å²) in [6.45, 7) is 2.70. The van der Waals surface area contributed by atoms with Crippen molar-refractivity contribution in [3.63, 3.8) is 0 Å². The molecule has 4 nitrogen and oxygen atoms in total. The van der Waals surface area contributed by atoms with E-state index in [4.69, 9.17) is 0 Å². The van der Waals surface area contributed by atoms with Gasteiger partial charge in [-0.2, -0.15) is 0 Å². The van der Waals surface area contributed by atoms with Gasteiger partial charge in [0.15, 0.2) is 0 Å². The third kappa shape index (κ3) is 3.54. The molecule has 1 saturated heterocycles. The molecule has 0 atom stereocenters. The normalized spacial score (nSPS) is 17.0. The van der Waals surface area contributed by atoms with Gasteiger partial charge in [-0.3, -0.25) is 0 Å². The second kappa shape index (κ2) is 6.45. The van der Waals surface area contributed by atoms with Crippen LogP contribution < -0.4 is 10.6 Å². The van der Waals surface area contributed by atoms with Crippen molar-refractivity contribution >= 4 is 27.5 Å². The average Bonchev–Trinajstić information content (AvgIpc) is 2.91. The molecular formula is C16H21N3OS. The summed E-state index contributed by atoms with van der Waals surface area (Å²) in [7, 11) is 2.12. The Balaban J connectivity index is 1.52. The minimum absolute atomic E-state index is 0.0557. The maximum Gasteiger partial charge on any atom is 0.315 e. The Morgan fingerprint density at radius 1 is 1.33 bits per heavy atom. The fraction of sp³-hybridized carbons (Fsp3) is 0.438. The van der Waals surface area contributed by atoms with Gasteiger partial charge in [-0.15, -0.1) is 11.3 Å². The molecule has 2 heterocycles. The highest BCUT2D eigenvalue weighted by Gasteiger charge is 2.18. The van der Waals surface area contributed by atoms with E-state index >= 15 is 0 Å². The third-order valence-electron chi connectivity index (χ3n) is 4.05. The lowest BCUT2D eigenvalue weighted by atomic mass is 10.1. The molecule has 0 unspecified atom stereocenters. The Kier molecular flexibility index (Phi) is 4.41. The maximum absolute atomic E-state index is 12.0. The van der Waals surface area contributed by atoms with Gasteiger partial charge < -0.3 is 15.5 Å². The fourth-order valence-corrected chi connectivity index (χ4v) is 3.70. The summed E-state index contributed by atoms with van der Waals surface area (Å²) in [5, 5.41) is 9.42. The number of hydrogen-bond acceptors (Lipinski definition) is 3. The Labute approximate surface area is 129 Å². The van der Waals surface area contributed by atoms with Gasteiger partial charge in [0, 0.05) is 17.3 Å². The van der Waals surface area contributed by atoms with Gasteiger partial charge in [-0.25, -0.2) is 4.79 Å². The number of hydrogen-bond donors (Lipinski definition) is 2. The van der Waals surface area contributed by atoms with Gasteiger partial charge in [0.2, 0.25) is 0 Å². The first-order chi connectivity index (χ1) is 10.2. The molecule has 112 valence electrons. The number of piperidine rings is 1. The second-order valence-electron chi connectivity index (χ2n) is 5.66. The van der Waals surface area contributed by atoms with Crippen LogP contribution in [-0.2, 0) is 6.54 Å². The number of benzene rings is 1. The highest BCUT2D eigenvalue weighted by molar-refractivity contribution is 7.17. The van der Waals surface area contributed by atoms with E-state index < -0.39 is 0 Å². The van der Waals surface area contributed by atoms with Crippen LogP contribution in [0.2, 0.25) is 0 Å². The van der Waals surface area contributed by atoms with E-state index in [0.717, 1.165) is 25.9 Å². The van der Waals surface area contributed by atoms with Crippen molar-refractivity contribution < 1.29 is 4.79 Å². The van der Waals surface area contributed by atoms with Crippen LogP contribution in [0.25, 0.3) is 10.1 Å². The van der Waals surface area contributed by atoms with Crippen molar-refractivity contribution in [2.75, 3.05) is 20.1 Å². The van der Waals surface area contributed by atoms with E-state index in [1.807, 2.05) is 12.1 Å². The third-order valence-corrected chi connectivity index (χ3v) is 5.07. The number of rotatable bonds is 3. The van der Waals surface area contributed by atoms with E-state index in [-0.39, 0.29) is 6.03 Å². The SMILES string of the molecule is CN1CCC(NC(=O)NCc2csc3ccccc23)CC1. The molecule has 0 bridgehead atoms. The lowest BCUT2D eigenvalue weighted by Crippen LogP contribution is -2.46. The van der Waals surface area contributed by atoms with Crippen molar-refractivity contribution in [1.82, 2.24) is 15.5 Å². The lowest BCUT2D eigenvalue weighted by molar-refractivity contribution is 0.213. The molecule has 2 amide bonds. The molecule has 5 heteroatoms. The molecule has 3 rings (SSSR count). The molecule has 1 aromatic carbocycles. The summed E-state index contributed by atoms with van der Waals surface area (Å²) in [4.78, 5) is 14.3. The van der Waals surface area contributed by atoms with Gasteiger partial charge in [0.05, 0.1) is 0 Å². The standard InChI is InChI=1S/C16H21N3OS/c1-19-8-6-13(7-9-19)18-16(20)17-10-12-11-21-15-5-3-2-4-14(12)15/h2-5,11,13H,6-10H2,1H3,(H2,17,18,20). The minimum atomic E-state index is -0.0557. The molecule has 21 heavy (non-hydrogen) atoms. The molecule has 2 N–H and O–H groups in total. The van der Waals surface area contributed by atoms with Gasteiger partial charge >= 0.3 is 6.03 Å². The molecule has 0 aliphatic carbocycles. The minimum Gasteiger partial charge on any atom is -0.335 e. The van der Waals surface area contributed by atoms with Crippen LogP contribution in [0.4, 0.5) is 4.79 Å². The van der Waals surface area contributed by atoms with Crippen molar-refractivity contribution in [2.24, 2.45) is 0 Å². The highest BCUT2D eigenvalue weighted by Crippen LogP contribution is 2.25. The summed E-state index contributed by atoms with van der Waals surface area (Å²) < 4.78 is 1.27. The zero-order valence-electron chi connectivity index (χ0n) is 12.3. The van der Waals surface area contributed by atoms with Gasteiger partial charge in [0.25, 0.3) is 0 Å². The topological polar surface area (TPSA) is 44.4 Å². The predicted molar refractivity (Wildman–Crippen MR) is 87.7 cm³/mol. The van der Waals surface area contributed by atoms with Crippen molar-refractivity contribution in [3.8, 4) is 0 Å². The van der Waals surface area contributed by atoms with E-state index in [1.54, 1.807) is 11.3 Å². The zero-order valence-corrected chi connectivity index (χ0v) is 13.1. The number of carbonyl (C=O) groups excluding carboxylic acids is 1. The lowest BCUT2D eigenvalue weighted by Gasteiger charge is -2.29. The van der Waals surface area contributed by atoms with Crippen LogP contribution in [0.5, 0.6) is 0 Å². The van der Waals surface area contributed by atoms with Gasteiger partial charge in [-0.1, -0.05) is 18.2 Å². The highest BCUT2D eigenvalue weighted by atomic mass is 32.1. The molecule has 2 aromatic rings. The van der Waals surface area contributed by atoms with E-state index in [9.17, 15) is 4.79 Å². The molecule has 0 spiro atoms. The molecule has 1 aliphatic rings. The van der Waals surface area contributed by atoms with Gasteiger partial charge in [0.1, 0.15) is 0 Å². The number of nitrogens with one attached hydrogen (secondary N) is 2. The molecular weight excluding hydrogens is 282 g/mol. The van der Waals surface area contributed by atoms with Crippen molar-refractivity contribution in [3.05, 3.63) is 35.2 Å². The Morgan fingerprint density at radius 2 is 2.10 bits per heavy atom. The first-order valence-corrected chi connectivity index (χ1v) is 8.28. The van der Waals surface area contributed by atoms with Crippen LogP contribution in [0, 0.1) is 0 Å². The molecule has 0 radical (unpaired) electrons. The molecule has 1 aromatic heterocycles. The first kappa shape index (κ1) is 14.4. The van der Waals surface area contributed by atoms with E-state index in [0.29, 0.717) is 12.6 Å². The van der Waals surface area contributed by atoms with Crippen LogP contribution in [0.15, 0.2) is 29.6 Å². The smallest absolute Gasteiger partial charge is 0.315 e. The summed E-state index contributed by atoms with van der Waals surface area (Å²) in [6.07, 6.45) is 2.07. The number of urea groups is 1. The molecule has 1 fully saturated rings. The second-order valence-corrected chi connectivity index (χ2v) is 6.57. The maximum atomic E-state index is 12.0. The quantitative estimate of drug-likeness (QED) is 0.916. The Morgan fingerprint density at radius 3 is 2.90 bits per heavy atom. The number of thiophene rings is 1. The largest absolute Gasteiger partial charge is 0.335 e. The Bertz CT molecular complexity index is 617. The molecule has 1 aliphatic heterocycles. The number of carbonyl (C=O) groups is 1. The number of fused-ring (bicyclic) bond motifs is 1. The summed E-state index contributed by atoms with van der Waals surface area (Å²) in [5.41, 5.74) is 1.19. The van der Waals surface area contributed by atoms with Crippen molar-refractivity contribution in [2.45, 2.75) is 25.4 Å².